The molecule has 0 radical (unpaired) electrons. The Hall–Kier alpha value is 0.800. The number of carbonyl (C=O) groups is 1. The standard InChI is InChI=1S/C17H28NO5P.2Na/c1-3-4-5-7-10-14(2)17(19)18-16(13-23-24(20,21)22)15-11-8-6-9-12-15;;/h6,8-9,11-12,14,16H,3-5,7,10,13H2,1-2H3,(H,18,19)(H2,20,21,22);;/q;2*+1/p-2/t14?,16-;;/m0../s1. The van der Waals surface area contributed by atoms with E-state index in [2.05, 4.69) is 16.8 Å². The number of phosphoric acid groups is 1. The first-order chi connectivity index (χ1) is 11.3. The van der Waals surface area contributed by atoms with Crippen LogP contribution in [-0.4, -0.2) is 12.5 Å². The zero-order valence-corrected chi connectivity index (χ0v) is 21.2. The van der Waals surface area contributed by atoms with Gasteiger partial charge in [0.15, 0.2) is 0 Å². The molecule has 6 nitrogen and oxygen atoms in total. The van der Waals surface area contributed by atoms with E-state index in [1.54, 1.807) is 24.3 Å². The number of hydrogen-bond acceptors (Lipinski definition) is 5. The van der Waals surface area contributed by atoms with Crippen molar-refractivity contribution in [1.82, 2.24) is 5.32 Å². The molecule has 0 saturated carbocycles. The summed E-state index contributed by atoms with van der Waals surface area (Å²) in [5.74, 6) is -0.352. The Morgan fingerprint density at radius 1 is 1.15 bits per heavy atom. The van der Waals surface area contributed by atoms with Crippen molar-refractivity contribution in [3.63, 3.8) is 0 Å². The molecule has 0 fully saturated rings. The smallest absolute Gasteiger partial charge is 0.790 e. The molecule has 0 aromatic heterocycles. The van der Waals surface area contributed by atoms with Crippen LogP contribution in [0.5, 0.6) is 0 Å². The van der Waals surface area contributed by atoms with Crippen LogP contribution < -0.4 is 74.2 Å². The molecule has 0 heterocycles. The second-order valence-corrected chi connectivity index (χ2v) is 7.12. The van der Waals surface area contributed by atoms with E-state index in [4.69, 9.17) is 0 Å². The molecule has 0 bridgehead atoms. The molecule has 26 heavy (non-hydrogen) atoms. The van der Waals surface area contributed by atoms with Crippen LogP contribution in [0.3, 0.4) is 0 Å². The van der Waals surface area contributed by atoms with Gasteiger partial charge in [-0.3, -0.25) is 4.79 Å². The Balaban J connectivity index is 0. The van der Waals surface area contributed by atoms with Crippen LogP contribution in [0.2, 0.25) is 0 Å². The molecule has 0 saturated heterocycles. The Bertz CT molecular complexity index is 541. The molecule has 1 aromatic carbocycles. The molecule has 0 aliphatic rings. The average molecular weight is 401 g/mol. The van der Waals surface area contributed by atoms with Crippen molar-refractivity contribution in [2.24, 2.45) is 5.92 Å². The van der Waals surface area contributed by atoms with Gasteiger partial charge in [-0.25, -0.2) is 0 Å². The summed E-state index contributed by atoms with van der Waals surface area (Å²) in [6.45, 7) is 3.57. The van der Waals surface area contributed by atoms with E-state index >= 15 is 0 Å². The van der Waals surface area contributed by atoms with Crippen LogP contribution in [0.15, 0.2) is 30.3 Å². The van der Waals surface area contributed by atoms with Crippen LogP contribution in [0, 0.1) is 5.92 Å². The van der Waals surface area contributed by atoms with Gasteiger partial charge in [0.05, 0.1) is 20.5 Å². The van der Waals surface area contributed by atoms with Gasteiger partial charge < -0.3 is 24.2 Å². The van der Waals surface area contributed by atoms with Crippen LogP contribution in [-0.2, 0) is 13.9 Å². The molecule has 1 N–H and O–H groups in total. The first-order valence-electron chi connectivity index (χ1n) is 8.35. The molecule has 2 atom stereocenters. The fourth-order valence-corrected chi connectivity index (χ4v) is 2.73. The monoisotopic (exact) mass is 401 g/mol. The van der Waals surface area contributed by atoms with Crippen molar-refractivity contribution >= 4 is 13.7 Å². The normalized spacial score (nSPS) is 13.1. The molecule has 1 rings (SSSR count). The molecule has 136 valence electrons. The number of hydrogen-bond donors (Lipinski definition) is 1. The number of amides is 1. The molecule has 0 aliphatic carbocycles. The molecule has 1 aromatic rings. The van der Waals surface area contributed by atoms with Crippen molar-refractivity contribution in [1.29, 1.82) is 0 Å². The Kier molecular flexibility index (Phi) is 17.5. The third kappa shape index (κ3) is 13.1. The Morgan fingerprint density at radius 3 is 2.31 bits per heavy atom. The second kappa shape index (κ2) is 15.7. The van der Waals surface area contributed by atoms with E-state index in [1.165, 1.54) is 0 Å². The maximum atomic E-state index is 12.3. The van der Waals surface area contributed by atoms with Crippen LogP contribution in [0.4, 0.5) is 0 Å². The molecule has 1 unspecified atom stereocenters. The number of unbranched alkanes of at least 4 members (excludes halogenated alkanes) is 3. The zero-order chi connectivity index (χ0) is 18.0. The molecular formula is C17H26NNa2O5P. The quantitative estimate of drug-likeness (QED) is 0.234. The van der Waals surface area contributed by atoms with Crippen molar-refractivity contribution in [2.75, 3.05) is 6.61 Å². The largest absolute Gasteiger partial charge is 1.00 e. The third-order valence-corrected chi connectivity index (χ3v) is 4.32. The van der Waals surface area contributed by atoms with Crippen LogP contribution >= 0.6 is 7.82 Å². The topological polar surface area (TPSA) is 102 Å². The predicted octanol–water partition coefficient (Wildman–Crippen LogP) is -3.70. The summed E-state index contributed by atoms with van der Waals surface area (Å²) in [6, 6.07) is 8.19. The van der Waals surface area contributed by atoms with E-state index < -0.39 is 20.5 Å². The summed E-state index contributed by atoms with van der Waals surface area (Å²) in [7, 11) is -5.08. The fourth-order valence-electron chi connectivity index (χ4n) is 2.39. The molecular weight excluding hydrogens is 375 g/mol. The average Bonchev–Trinajstić information content (AvgIpc) is 2.55. The van der Waals surface area contributed by atoms with Gasteiger partial charge in [0.2, 0.25) is 5.91 Å². The molecule has 1 amide bonds. The zero-order valence-electron chi connectivity index (χ0n) is 16.3. The number of benzene rings is 1. The van der Waals surface area contributed by atoms with E-state index in [-0.39, 0.29) is 70.9 Å². The number of nitrogens with one attached hydrogen (secondary N) is 1. The Labute approximate surface area is 200 Å². The van der Waals surface area contributed by atoms with Gasteiger partial charge in [0, 0.05) is 5.92 Å². The first-order valence-corrected chi connectivity index (χ1v) is 9.81. The minimum absolute atomic E-state index is 0. The summed E-state index contributed by atoms with van der Waals surface area (Å²) < 4.78 is 15.1. The third-order valence-electron chi connectivity index (χ3n) is 3.86. The fraction of sp³-hybridized carbons (Fsp3) is 0.588. The van der Waals surface area contributed by atoms with Crippen molar-refractivity contribution in [3.05, 3.63) is 35.9 Å². The maximum Gasteiger partial charge on any atom is 1.00 e. The summed E-state index contributed by atoms with van der Waals surface area (Å²) in [4.78, 5) is 33.8. The van der Waals surface area contributed by atoms with E-state index in [1.807, 2.05) is 13.0 Å². The minimum Gasteiger partial charge on any atom is -0.790 e. The number of carbonyl (C=O) groups excluding carboxylic acids is 1. The van der Waals surface area contributed by atoms with Crippen molar-refractivity contribution in [3.8, 4) is 0 Å². The summed E-state index contributed by atoms with van der Waals surface area (Å²) >= 11 is 0. The number of rotatable bonds is 11. The SMILES string of the molecule is CCCCCCC(C)C(=O)N[C@@H](COP(=O)([O-])[O-])c1ccccc1.[Na+].[Na+]. The summed E-state index contributed by atoms with van der Waals surface area (Å²) in [6.07, 6.45) is 5.13. The predicted molar refractivity (Wildman–Crippen MR) is 88.8 cm³/mol. The van der Waals surface area contributed by atoms with Gasteiger partial charge in [-0.1, -0.05) is 69.9 Å². The minimum atomic E-state index is -5.08. The van der Waals surface area contributed by atoms with E-state index in [9.17, 15) is 19.1 Å². The van der Waals surface area contributed by atoms with Crippen LogP contribution in [0.1, 0.15) is 57.6 Å². The van der Waals surface area contributed by atoms with Gasteiger partial charge in [0.1, 0.15) is 0 Å². The van der Waals surface area contributed by atoms with Gasteiger partial charge >= 0.3 is 59.1 Å². The van der Waals surface area contributed by atoms with Crippen molar-refractivity contribution in [2.45, 2.75) is 52.0 Å². The van der Waals surface area contributed by atoms with Crippen LogP contribution in [0.25, 0.3) is 0 Å². The second-order valence-electron chi connectivity index (χ2n) is 5.97. The molecule has 0 spiro atoms. The first kappa shape index (κ1) is 29.0. The number of phosphoric ester groups is 1. The molecule has 0 aliphatic heterocycles. The van der Waals surface area contributed by atoms with Gasteiger partial charge in [0.25, 0.3) is 0 Å². The van der Waals surface area contributed by atoms with E-state index in [0.717, 1.165) is 32.1 Å². The summed E-state index contributed by atoms with van der Waals surface area (Å²) in [5.41, 5.74) is 0.692. The van der Waals surface area contributed by atoms with Gasteiger partial charge in [-0.15, -0.1) is 0 Å². The maximum absolute atomic E-state index is 12.3. The van der Waals surface area contributed by atoms with E-state index in [0.29, 0.717) is 5.56 Å². The summed E-state index contributed by atoms with van der Waals surface area (Å²) in [5, 5.41) is 2.78. The Morgan fingerprint density at radius 2 is 1.77 bits per heavy atom. The van der Waals surface area contributed by atoms with Gasteiger partial charge in [-0.2, -0.15) is 0 Å². The van der Waals surface area contributed by atoms with Crippen molar-refractivity contribution < 1.29 is 82.8 Å². The molecule has 9 heteroatoms. The van der Waals surface area contributed by atoms with Gasteiger partial charge in [-0.05, 0) is 12.0 Å².